The van der Waals surface area contributed by atoms with Gasteiger partial charge in [0.1, 0.15) is 23.1 Å². The van der Waals surface area contributed by atoms with Crippen LogP contribution in [-0.2, 0) is 50.5 Å². The van der Waals surface area contributed by atoms with E-state index in [-0.39, 0.29) is 59.3 Å². The van der Waals surface area contributed by atoms with Crippen molar-refractivity contribution >= 4 is 57.9 Å². The van der Waals surface area contributed by atoms with Crippen LogP contribution >= 0.6 is 34.8 Å². The molecule has 127 heavy (non-hydrogen) atoms. The minimum absolute atomic E-state index is 0.0337. The lowest BCUT2D eigenvalue weighted by atomic mass is 9.84. The summed E-state index contributed by atoms with van der Waals surface area (Å²) < 4.78 is 156. The Hall–Kier alpha value is -10.7. The Morgan fingerprint density at radius 2 is 0.504 bits per heavy atom. The van der Waals surface area contributed by atoms with Crippen LogP contribution in [0.25, 0.3) is 89.0 Å². The zero-order valence-corrected chi connectivity index (χ0v) is 75.4. The van der Waals surface area contributed by atoms with Crippen LogP contribution in [0.2, 0.25) is 15.1 Å². The molecule has 4 unspecified atom stereocenters. The zero-order valence-electron chi connectivity index (χ0n) is 73.2. The lowest BCUT2D eigenvalue weighted by Crippen LogP contribution is -2.12. The topological polar surface area (TPSA) is 88.5 Å². The van der Waals surface area contributed by atoms with Gasteiger partial charge in [-0.1, -0.05) is 247 Å². The van der Waals surface area contributed by atoms with Crippen LogP contribution in [0, 0.1) is 37.5 Å². The Balaban J connectivity index is 0.000000191. The number of benzene rings is 12. The van der Waals surface area contributed by atoms with Crippen LogP contribution in [-0.4, -0.2) is 28.2 Å². The molecule has 12 aromatic rings. The van der Waals surface area contributed by atoms with E-state index in [0.29, 0.717) is 85.5 Å². The third-order valence-electron chi connectivity index (χ3n) is 22.0. The number of alkyl halides is 12. The summed E-state index contributed by atoms with van der Waals surface area (Å²) in [6, 6.07) is 70.1. The quantitative estimate of drug-likeness (QED) is 0.0576. The zero-order chi connectivity index (χ0) is 93.5. The molecule has 0 saturated carbocycles. The van der Waals surface area contributed by atoms with E-state index >= 15 is 0 Å². The molecule has 666 valence electrons. The summed E-state index contributed by atoms with van der Waals surface area (Å²) in [6.45, 7) is 26.7. The SMILES string of the molecule is CC(=O)C(CC(C)C)c1cc(-c2ccc(C(F)(F)F)cc2)cc(-c2cc(Cl)ccc2Cl)c1.CC(=O)C(CC(C)C)c1cc(-c2ccc(C(F)(F)F)cc2)cc(-c2ccc(Cl)c(C)c2)c1.CC(=O)C(CC(C)C)c1cc(-c2ccc(C)cc2)cc(-c2ccc(C(F)(F)F)cc2)c1.CC(=O)C(CC(C)C)c1cc(-c2ccc(CO)cc2)cc(-c2ccc(C(F)(F)F)cc2)c1. The van der Waals surface area contributed by atoms with Gasteiger partial charge in [0.05, 0.1) is 28.9 Å². The van der Waals surface area contributed by atoms with Gasteiger partial charge in [0.25, 0.3) is 0 Å². The first kappa shape index (κ1) is 100. The van der Waals surface area contributed by atoms with Crippen LogP contribution in [0.15, 0.2) is 255 Å². The van der Waals surface area contributed by atoms with Crippen molar-refractivity contribution < 1.29 is 77.0 Å². The fourth-order valence-electron chi connectivity index (χ4n) is 15.3. The maximum Gasteiger partial charge on any atom is 0.416 e. The number of ketones is 4. The van der Waals surface area contributed by atoms with Gasteiger partial charge in [0, 0.05) is 44.3 Å². The molecule has 12 aromatic carbocycles. The Labute approximate surface area is 751 Å². The molecular formula is C107H103Cl3F12O5. The summed E-state index contributed by atoms with van der Waals surface area (Å²) in [5.74, 6) is 0.357. The van der Waals surface area contributed by atoms with E-state index in [9.17, 15) is 77.0 Å². The van der Waals surface area contributed by atoms with Crippen LogP contribution in [0.1, 0.15) is 194 Å². The fraction of sp³-hybridized carbons (Fsp3) is 0.290. The third kappa shape index (κ3) is 28.2. The van der Waals surface area contributed by atoms with Crippen LogP contribution < -0.4 is 0 Å². The molecule has 0 aliphatic heterocycles. The predicted molar refractivity (Wildman–Crippen MR) is 491 cm³/mol. The molecule has 0 saturated heterocycles. The molecule has 0 heterocycles. The summed E-state index contributed by atoms with van der Waals surface area (Å²) in [5.41, 5.74) is 16.2. The number of Topliss-reactive ketones (excluding diaryl/α,β-unsaturated/α-hetero) is 4. The molecule has 20 heteroatoms. The molecule has 12 rings (SSSR count). The van der Waals surface area contributed by atoms with Gasteiger partial charge in [0.2, 0.25) is 0 Å². The van der Waals surface area contributed by atoms with E-state index in [0.717, 1.165) is 150 Å². The van der Waals surface area contributed by atoms with Crippen LogP contribution in [0.4, 0.5) is 52.7 Å². The van der Waals surface area contributed by atoms with Crippen molar-refractivity contribution in [3.8, 4) is 89.0 Å². The van der Waals surface area contributed by atoms with Crippen molar-refractivity contribution in [2.45, 2.75) is 178 Å². The Bertz CT molecular complexity index is 5770. The summed E-state index contributed by atoms with van der Waals surface area (Å²) in [6.07, 6.45) is -14.8. The fourth-order valence-corrected chi connectivity index (χ4v) is 15.8. The minimum atomic E-state index is -4.41. The molecule has 0 spiro atoms. The number of aryl methyl sites for hydroxylation is 2. The molecule has 4 atom stereocenters. The molecular weight excluding hydrogens is 1700 g/mol. The lowest BCUT2D eigenvalue weighted by Gasteiger charge is -2.20. The van der Waals surface area contributed by atoms with Gasteiger partial charge in [-0.05, 0) is 311 Å². The summed E-state index contributed by atoms with van der Waals surface area (Å²) in [7, 11) is 0. The second kappa shape index (κ2) is 43.4. The van der Waals surface area contributed by atoms with Gasteiger partial charge in [0.15, 0.2) is 0 Å². The summed E-state index contributed by atoms with van der Waals surface area (Å²) >= 11 is 18.8. The number of hydrogen-bond acceptors (Lipinski definition) is 5. The Morgan fingerprint density at radius 1 is 0.276 bits per heavy atom. The average Bonchev–Trinajstić information content (AvgIpc) is 0.803. The van der Waals surface area contributed by atoms with Crippen molar-refractivity contribution in [2.75, 3.05) is 0 Å². The summed E-state index contributed by atoms with van der Waals surface area (Å²) in [4.78, 5) is 49.9. The molecule has 0 bridgehead atoms. The minimum Gasteiger partial charge on any atom is -0.392 e. The molecule has 0 aromatic heterocycles. The molecule has 0 aliphatic rings. The average molecular weight is 1800 g/mol. The molecule has 0 aliphatic carbocycles. The summed E-state index contributed by atoms with van der Waals surface area (Å²) in [5, 5.41) is 11.0. The maximum absolute atomic E-state index is 13.0. The smallest absolute Gasteiger partial charge is 0.392 e. The molecule has 0 amide bonds. The van der Waals surface area contributed by atoms with E-state index < -0.39 is 47.0 Å². The van der Waals surface area contributed by atoms with E-state index in [1.807, 2.05) is 167 Å². The van der Waals surface area contributed by atoms with E-state index in [2.05, 4.69) is 41.5 Å². The van der Waals surface area contributed by atoms with Gasteiger partial charge >= 0.3 is 24.7 Å². The van der Waals surface area contributed by atoms with Crippen molar-refractivity contribution in [1.82, 2.24) is 0 Å². The van der Waals surface area contributed by atoms with Gasteiger partial charge in [-0.2, -0.15) is 52.7 Å². The number of rotatable bonds is 25. The maximum atomic E-state index is 13.0. The van der Waals surface area contributed by atoms with Gasteiger partial charge in [-0.25, -0.2) is 0 Å². The molecule has 0 fully saturated rings. The Kier molecular flexibility index (Phi) is 34.2. The Morgan fingerprint density at radius 3 is 0.748 bits per heavy atom. The number of halogens is 15. The highest BCUT2D eigenvalue weighted by Crippen LogP contribution is 2.44. The first-order valence-corrected chi connectivity index (χ1v) is 43.0. The molecule has 0 radical (unpaired) electrons. The van der Waals surface area contributed by atoms with Gasteiger partial charge in [-0.15, -0.1) is 0 Å². The molecule has 1 N–H and O–H groups in total. The second-order valence-corrected chi connectivity index (χ2v) is 35.4. The number of aliphatic hydroxyl groups excluding tert-OH is 1. The second-order valence-electron chi connectivity index (χ2n) is 34.2. The van der Waals surface area contributed by atoms with E-state index in [4.69, 9.17) is 34.8 Å². The van der Waals surface area contributed by atoms with Crippen LogP contribution in [0.3, 0.4) is 0 Å². The standard InChI is InChI=1S/C27H26ClF3O.C27H27F3O2.C27H27F3O.C26H23Cl2F3O/c1-16(2)11-25(18(4)32)23-14-21(19-5-8-24(9-6-19)27(29,30)31)13-22(15-23)20-7-10-26(28)17(3)12-20;1-17(2)12-26(18(3)32)24-14-22(20-6-4-19(16-31)5-7-20)13-23(15-24)21-8-10-25(11-9-21)27(28,29)30;1-17(2)13-26(19(4)31)24-15-22(20-7-5-18(3)6-8-20)14-23(16-24)21-9-11-25(12-10-21)27(28,29)30;1-15(2)10-23(16(3)32)19-11-18(17-4-6-21(7-5-17)26(29,30)31)12-20(13-19)24-14-22(27)8-9-25(24)28/h5-10,12-16,25H,11H2,1-4H3;4-11,13-15,17,26,31H,12,16H2,1-3H3;5-12,14-17,26H,13H2,1-4H3;4-9,11-15,23H,10H2,1-3H3. The van der Waals surface area contributed by atoms with Crippen LogP contribution in [0.5, 0.6) is 0 Å². The predicted octanol–water partition coefficient (Wildman–Crippen LogP) is 33.1. The normalized spacial score (nSPS) is 12.8. The van der Waals surface area contributed by atoms with Crippen molar-refractivity contribution in [2.24, 2.45) is 23.7 Å². The first-order chi connectivity index (χ1) is 59.5. The van der Waals surface area contributed by atoms with Crippen molar-refractivity contribution in [3.63, 3.8) is 0 Å². The van der Waals surface area contributed by atoms with Gasteiger partial charge < -0.3 is 5.11 Å². The molecule has 5 nitrogen and oxygen atoms in total. The van der Waals surface area contributed by atoms with Crippen molar-refractivity contribution in [3.05, 3.63) is 331 Å². The van der Waals surface area contributed by atoms with E-state index in [1.165, 1.54) is 48.5 Å². The highest BCUT2D eigenvalue weighted by Gasteiger charge is 2.35. The largest absolute Gasteiger partial charge is 0.416 e. The van der Waals surface area contributed by atoms with E-state index in [1.54, 1.807) is 45.9 Å². The first-order valence-electron chi connectivity index (χ1n) is 41.8. The number of hydrogen-bond donors (Lipinski definition) is 1. The number of carbonyl (C=O) groups is 4. The monoisotopic (exact) mass is 1800 g/mol. The highest BCUT2D eigenvalue weighted by molar-refractivity contribution is 6.35. The number of carbonyl (C=O) groups excluding carboxylic acids is 4. The van der Waals surface area contributed by atoms with Crippen molar-refractivity contribution in [1.29, 1.82) is 0 Å². The number of aliphatic hydroxyl groups is 1. The lowest BCUT2D eigenvalue weighted by molar-refractivity contribution is -0.138. The highest BCUT2D eigenvalue weighted by atomic mass is 35.5. The van der Waals surface area contributed by atoms with Gasteiger partial charge in [-0.3, -0.25) is 19.2 Å². The third-order valence-corrected chi connectivity index (χ3v) is 23.0.